The summed E-state index contributed by atoms with van der Waals surface area (Å²) in [5.41, 5.74) is 9.08. The van der Waals surface area contributed by atoms with Gasteiger partial charge in [0.1, 0.15) is 0 Å². The molecule has 19 heavy (non-hydrogen) atoms. The van der Waals surface area contributed by atoms with Crippen molar-refractivity contribution < 1.29 is 0 Å². The van der Waals surface area contributed by atoms with E-state index in [2.05, 4.69) is 64.1 Å². The Hall–Kier alpha value is -1.56. The number of hydrogen-bond donors (Lipinski definition) is 0. The summed E-state index contributed by atoms with van der Waals surface area (Å²) < 4.78 is 0. The molecule has 2 aromatic carbocycles. The minimum Gasteiger partial charge on any atom is -0.0619 e. The lowest BCUT2D eigenvalue weighted by atomic mass is 9.87. The van der Waals surface area contributed by atoms with E-state index in [4.69, 9.17) is 0 Å². The van der Waals surface area contributed by atoms with Crippen LogP contribution < -0.4 is 0 Å². The predicted octanol–water partition coefficient (Wildman–Crippen LogP) is 5.50. The second-order valence-electron chi connectivity index (χ2n) is 6.24. The molecule has 3 rings (SSSR count). The van der Waals surface area contributed by atoms with Gasteiger partial charge < -0.3 is 0 Å². The Labute approximate surface area is 116 Å². The molecule has 0 aliphatic heterocycles. The molecular weight excluding hydrogens is 228 g/mol. The minimum atomic E-state index is 0.584. The highest BCUT2D eigenvalue weighted by Crippen LogP contribution is 2.44. The Balaban J connectivity index is 2.30. The van der Waals surface area contributed by atoms with Gasteiger partial charge in [-0.25, -0.2) is 0 Å². The first kappa shape index (κ1) is 12.5. The van der Waals surface area contributed by atoms with E-state index in [0.717, 1.165) is 6.42 Å². The van der Waals surface area contributed by atoms with Gasteiger partial charge in [0.25, 0.3) is 0 Å². The molecule has 0 spiro atoms. The molecule has 0 atom stereocenters. The van der Waals surface area contributed by atoms with Gasteiger partial charge in [-0.3, -0.25) is 0 Å². The number of hydrogen-bond acceptors (Lipinski definition) is 0. The summed E-state index contributed by atoms with van der Waals surface area (Å²) in [7, 11) is 0. The number of benzene rings is 2. The Morgan fingerprint density at radius 2 is 1.42 bits per heavy atom. The Kier molecular flexibility index (Phi) is 2.97. The molecule has 0 saturated carbocycles. The van der Waals surface area contributed by atoms with Crippen LogP contribution in [0.25, 0.3) is 11.1 Å². The lowest BCUT2D eigenvalue weighted by Gasteiger charge is -2.18. The van der Waals surface area contributed by atoms with Gasteiger partial charge in [-0.1, -0.05) is 64.1 Å². The van der Waals surface area contributed by atoms with Crippen LogP contribution >= 0.6 is 0 Å². The van der Waals surface area contributed by atoms with Crippen LogP contribution in [0.2, 0.25) is 0 Å². The van der Waals surface area contributed by atoms with Gasteiger partial charge in [0.05, 0.1) is 0 Å². The summed E-state index contributed by atoms with van der Waals surface area (Å²) in [4.78, 5) is 0. The van der Waals surface area contributed by atoms with Gasteiger partial charge in [0.15, 0.2) is 0 Å². The molecule has 0 heterocycles. The number of fused-ring (bicyclic) bond motifs is 3. The van der Waals surface area contributed by atoms with E-state index < -0.39 is 0 Å². The lowest BCUT2D eigenvalue weighted by Crippen LogP contribution is -1.99. The van der Waals surface area contributed by atoms with Crippen LogP contribution in [0.1, 0.15) is 61.8 Å². The Bertz CT molecular complexity index is 618. The summed E-state index contributed by atoms with van der Waals surface area (Å²) in [5, 5.41) is 0. The first-order valence-electron chi connectivity index (χ1n) is 7.33. The molecule has 0 amide bonds. The van der Waals surface area contributed by atoms with Gasteiger partial charge in [-0.05, 0) is 51.6 Å². The summed E-state index contributed by atoms with van der Waals surface area (Å²) in [5.74, 6) is 1.19. The normalized spacial score (nSPS) is 12.9. The molecule has 0 bridgehead atoms. The molecule has 98 valence electrons. The summed E-state index contributed by atoms with van der Waals surface area (Å²) in [6.07, 6.45) is 1.11. The van der Waals surface area contributed by atoms with E-state index in [0.29, 0.717) is 11.8 Å². The highest BCUT2D eigenvalue weighted by molar-refractivity contribution is 5.81. The van der Waals surface area contributed by atoms with E-state index in [1.807, 2.05) is 0 Å². The van der Waals surface area contributed by atoms with Crippen molar-refractivity contribution in [3.05, 3.63) is 58.7 Å². The van der Waals surface area contributed by atoms with Crippen molar-refractivity contribution in [2.24, 2.45) is 0 Å². The zero-order chi connectivity index (χ0) is 13.6. The third-order valence-corrected chi connectivity index (χ3v) is 4.28. The summed E-state index contributed by atoms with van der Waals surface area (Å²) in [6.45, 7) is 9.19. The van der Waals surface area contributed by atoms with Crippen molar-refractivity contribution in [1.29, 1.82) is 0 Å². The van der Waals surface area contributed by atoms with Gasteiger partial charge in [-0.15, -0.1) is 0 Å². The second kappa shape index (κ2) is 4.52. The average molecular weight is 250 g/mol. The quantitative estimate of drug-likeness (QED) is 0.563. The highest BCUT2D eigenvalue weighted by Gasteiger charge is 2.25. The maximum absolute atomic E-state index is 2.35. The van der Waals surface area contributed by atoms with Crippen LogP contribution in [0.15, 0.2) is 36.4 Å². The highest BCUT2D eigenvalue weighted by atomic mass is 14.3. The smallest absolute Gasteiger partial charge is 0.00105 e. The van der Waals surface area contributed by atoms with Crippen LogP contribution in [0.3, 0.4) is 0 Å². The summed E-state index contributed by atoms with van der Waals surface area (Å²) >= 11 is 0. The molecule has 0 heteroatoms. The SMILES string of the molecule is CC(C)c1ccc(C(C)C)c2c1Cc1ccccc1-2. The largest absolute Gasteiger partial charge is 0.0619 e. The van der Waals surface area contributed by atoms with E-state index in [9.17, 15) is 0 Å². The predicted molar refractivity (Wildman–Crippen MR) is 82.9 cm³/mol. The van der Waals surface area contributed by atoms with Crippen molar-refractivity contribution in [2.75, 3.05) is 0 Å². The van der Waals surface area contributed by atoms with Crippen LogP contribution in [0.4, 0.5) is 0 Å². The average Bonchev–Trinajstić information content (AvgIpc) is 2.76. The molecule has 0 nitrogen and oxygen atoms in total. The molecule has 0 aromatic heterocycles. The van der Waals surface area contributed by atoms with Gasteiger partial charge in [0.2, 0.25) is 0 Å². The van der Waals surface area contributed by atoms with Crippen molar-refractivity contribution in [3.8, 4) is 11.1 Å². The van der Waals surface area contributed by atoms with Crippen LogP contribution in [-0.2, 0) is 6.42 Å². The first-order valence-corrected chi connectivity index (χ1v) is 7.33. The van der Waals surface area contributed by atoms with Crippen LogP contribution in [0, 0.1) is 0 Å². The fourth-order valence-electron chi connectivity index (χ4n) is 3.32. The van der Waals surface area contributed by atoms with Gasteiger partial charge in [0, 0.05) is 0 Å². The van der Waals surface area contributed by atoms with E-state index in [-0.39, 0.29) is 0 Å². The van der Waals surface area contributed by atoms with Gasteiger partial charge in [-0.2, -0.15) is 0 Å². The van der Waals surface area contributed by atoms with Crippen molar-refractivity contribution in [3.63, 3.8) is 0 Å². The van der Waals surface area contributed by atoms with E-state index in [1.54, 1.807) is 5.56 Å². The molecule has 1 aliphatic rings. The standard InChI is InChI=1S/C19H22/c1-12(2)15-9-10-16(13(3)4)19-17-8-6-5-7-14(17)11-18(15)19/h5-10,12-13H,11H2,1-4H3. The Morgan fingerprint density at radius 3 is 2.11 bits per heavy atom. The van der Waals surface area contributed by atoms with Crippen molar-refractivity contribution in [1.82, 2.24) is 0 Å². The molecule has 0 radical (unpaired) electrons. The maximum Gasteiger partial charge on any atom is -0.00105 e. The molecular formula is C19H22. The molecule has 0 fully saturated rings. The van der Waals surface area contributed by atoms with Crippen LogP contribution in [0.5, 0.6) is 0 Å². The van der Waals surface area contributed by atoms with E-state index >= 15 is 0 Å². The minimum absolute atomic E-state index is 0.584. The second-order valence-corrected chi connectivity index (χ2v) is 6.24. The van der Waals surface area contributed by atoms with Gasteiger partial charge >= 0.3 is 0 Å². The fraction of sp³-hybridized carbons (Fsp3) is 0.368. The number of rotatable bonds is 2. The molecule has 0 saturated heterocycles. The monoisotopic (exact) mass is 250 g/mol. The van der Waals surface area contributed by atoms with Crippen molar-refractivity contribution >= 4 is 0 Å². The molecule has 0 N–H and O–H groups in total. The Morgan fingerprint density at radius 1 is 0.789 bits per heavy atom. The molecule has 1 aliphatic carbocycles. The first-order chi connectivity index (χ1) is 9.09. The van der Waals surface area contributed by atoms with Crippen molar-refractivity contribution in [2.45, 2.75) is 46.0 Å². The third-order valence-electron chi connectivity index (χ3n) is 4.28. The maximum atomic E-state index is 2.35. The lowest BCUT2D eigenvalue weighted by molar-refractivity contribution is 0.836. The zero-order valence-corrected chi connectivity index (χ0v) is 12.3. The zero-order valence-electron chi connectivity index (χ0n) is 12.3. The third kappa shape index (κ3) is 1.90. The molecule has 0 unspecified atom stereocenters. The van der Waals surface area contributed by atoms with E-state index in [1.165, 1.54) is 27.8 Å². The summed E-state index contributed by atoms with van der Waals surface area (Å²) in [6, 6.07) is 13.6. The fourth-order valence-corrected chi connectivity index (χ4v) is 3.32. The topological polar surface area (TPSA) is 0 Å². The molecule has 2 aromatic rings. The van der Waals surface area contributed by atoms with Crippen LogP contribution in [-0.4, -0.2) is 0 Å².